The van der Waals surface area contributed by atoms with E-state index in [-0.39, 0.29) is 0 Å². The lowest BCUT2D eigenvalue weighted by atomic mass is 10.1. The fourth-order valence-corrected chi connectivity index (χ4v) is 2.53. The van der Waals surface area contributed by atoms with Crippen molar-refractivity contribution in [1.29, 1.82) is 0 Å². The lowest BCUT2D eigenvalue weighted by Gasteiger charge is -2.35. The number of alkyl halides is 6. The first-order valence-corrected chi connectivity index (χ1v) is 9.07. The monoisotopic (exact) mass is 464 g/mol. The number of anilines is 1. The molecule has 0 aromatic heterocycles. The van der Waals surface area contributed by atoms with E-state index >= 15 is 0 Å². The minimum atomic E-state index is -5.53. The van der Waals surface area contributed by atoms with Gasteiger partial charge in [-0.3, -0.25) is 5.32 Å². The number of ether oxygens (including phenoxy) is 2. The third-order valence-corrected chi connectivity index (χ3v) is 4.03. The molecule has 0 heterocycles. The van der Waals surface area contributed by atoms with Gasteiger partial charge in [0.15, 0.2) is 0 Å². The second-order valence-corrected chi connectivity index (χ2v) is 6.36. The molecule has 2 rings (SSSR count). The number of nitrogens with one attached hydrogen (secondary N) is 2. The van der Waals surface area contributed by atoms with Crippen molar-refractivity contribution in [2.24, 2.45) is 0 Å². The van der Waals surface area contributed by atoms with Crippen molar-refractivity contribution < 1.29 is 45.4 Å². The van der Waals surface area contributed by atoms with Gasteiger partial charge in [-0.1, -0.05) is 36.4 Å². The van der Waals surface area contributed by atoms with E-state index in [4.69, 9.17) is 4.74 Å². The molecule has 12 heteroatoms. The van der Waals surface area contributed by atoms with Crippen LogP contribution in [-0.2, 0) is 27.1 Å². The van der Waals surface area contributed by atoms with Crippen LogP contribution >= 0.6 is 0 Å². The lowest BCUT2D eigenvalue weighted by molar-refractivity contribution is -0.205. The van der Waals surface area contributed by atoms with Crippen LogP contribution < -0.4 is 10.6 Å². The highest BCUT2D eigenvalue weighted by Crippen LogP contribution is 2.35. The number of hydrogen-bond donors (Lipinski definition) is 2. The van der Waals surface area contributed by atoms with Crippen LogP contribution in [-0.4, -0.2) is 30.5 Å². The van der Waals surface area contributed by atoms with Crippen LogP contribution in [0.15, 0.2) is 54.6 Å². The summed E-state index contributed by atoms with van der Waals surface area (Å²) < 4.78 is 90.2. The largest absolute Gasteiger partial charge is 0.463 e. The maximum Gasteiger partial charge on any atom is 0.442 e. The molecule has 2 N–H and O–H groups in total. The molecule has 0 aliphatic rings. The number of carbonyl (C=O) groups excluding carboxylic acids is 2. The van der Waals surface area contributed by atoms with Crippen molar-refractivity contribution >= 4 is 17.7 Å². The molecule has 0 aliphatic carbocycles. The van der Waals surface area contributed by atoms with Gasteiger partial charge in [0.25, 0.3) is 0 Å². The predicted octanol–water partition coefficient (Wildman–Crippen LogP) is 4.87. The Morgan fingerprint density at radius 3 is 2.12 bits per heavy atom. The molecule has 32 heavy (non-hydrogen) atoms. The van der Waals surface area contributed by atoms with E-state index in [0.29, 0.717) is 17.7 Å². The van der Waals surface area contributed by atoms with Gasteiger partial charge in [0, 0.05) is 5.69 Å². The Labute approximate surface area is 178 Å². The average molecular weight is 464 g/mol. The predicted molar refractivity (Wildman–Crippen MR) is 100 cm³/mol. The Hall–Kier alpha value is -3.44. The second-order valence-electron chi connectivity index (χ2n) is 6.36. The molecular formula is C20H18F6N2O4. The molecule has 1 atom stereocenters. The number of alkyl carbamates (subject to hydrolysis) is 1. The molecule has 0 saturated carbocycles. The number of esters is 1. The molecule has 0 aliphatic heterocycles. The summed E-state index contributed by atoms with van der Waals surface area (Å²) in [6, 6.07) is 10.6. The maximum absolute atomic E-state index is 14.0. The van der Waals surface area contributed by atoms with Gasteiger partial charge in [-0.15, -0.1) is 0 Å². The van der Waals surface area contributed by atoms with Crippen molar-refractivity contribution in [2.45, 2.75) is 31.5 Å². The molecule has 2 aromatic rings. The Kier molecular flexibility index (Phi) is 7.60. The maximum atomic E-state index is 14.0. The van der Waals surface area contributed by atoms with E-state index in [1.807, 2.05) is 0 Å². The van der Waals surface area contributed by atoms with Gasteiger partial charge in [-0.2, -0.15) is 26.3 Å². The van der Waals surface area contributed by atoms with E-state index in [1.54, 1.807) is 23.5 Å². The average Bonchev–Trinajstić information content (AvgIpc) is 2.71. The Morgan fingerprint density at radius 1 is 0.906 bits per heavy atom. The second kappa shape index (κ2) is 9.79. The molecule has 1 unspecified atom stereocenters. The van der Waals surface area contributed by atoms with E-state index in [1.165, 1.54) is 24.4 Å². The summed E-state index contributed by atoms with van der Waals surface area (Å²) in [6.45, 7) is 0.297. The standard InChI is InChI=1S/C20H18F6N2O4/c1-2-31-16(29)18(20(24,25)26,27-15-10-6-9-14(11-15)19(21,22)23)28-17(30)32-12-13-7-4-3-5-8-13/h3-11,27H,2,12H2,1H3,(H,28,30). The number of rotatable bonds is 7. The van der Waals surface area contributed by atoms with Crippen molar-refractivity contribution in [3.8, 4) is 0 Å². The molecular weight excluding hydrogens is 446 g/mol. The van der Waals surface area contributed by atoms with Crippen molar-refractivity contribution in [3.63, 3.8) is 0 Å². The van der Waals surface area contributed by atoms with E-state index in [9.17, 15) is 35.9 Å². The molecule has 1 amide bonds. The quantitative estimate of drug-likeness (QED) is 0.348. The molecule has 6 nitrogen and oxygen atoms in total. The molecule has 2 aromatic carbocycles. The van der Waals surface area contributed by atoms with Gasteiger partial charge in [0.05, 0.1) is 12.2 Å². The first kappa shape index (κ1) is 24.8. The number of halogens is 6. The Balaban J connectivity index is 2.38. The highest BCUT2D eigenvalue weighted by atomic mass is 19.4. The smallest absolute Gasteiger partial charge is 0.442 e. The topological polar surface area (TPSA) is 76.7 Å². The zero-order valence-electron chi connectivity index (χ0n) is 16.5. The van der Waals surface area contributed by atoms with Crippen LogP contribution in [0.1, 0.15) is 18.1 Å². The molecule has 0 spiro atoms. The van der Waals surface area contributed by atoms with Crippen LogP contribution in [0, 0.1) is 0 Å². The fraction of sp³-hybridized carbons (Fsp3) is 0.300. The van der Waals surface area contributed by atoms with Gasteiger partial charge >= 0.3 is 30.1 Å². The highest BCUT2D eigenvalue weighted by molar-refractivity contribution is 5.89. The van der Waals surface area contributed by atoms with Gasteiger partial charge in [0.1, 0.15) is 6.61 Å². The van der Waals surface area contributed by atoms with Gasteiger partial charge < -0.3 is 14.8 Å². The van der Waals surface area contributed by atoms with Crippen LogP contribution in [0.2, 0.25) is 0 Å². The van der Waals surface area contributed by atoms with Crippen LogP contribution in [0.3, 0.4) is 0 Å². The van der Waals surface area contributed by atoms with Crippen molar-refractivity contribution in [3.05, 3.63) is 65.7 Å². The molecule has 0 radical (unpaired) electrons. The number of hydrogen-bond acceptors (Lipinski definition) is 5. The van der Waals surface area contributed by atoms with Gasteiger partial charge in [0.2, 0.25) is 0 Å². The van der Waals surface area contributed by atoms with E-state index in [0.717, 1.165) is 12.1 Å². The molecule has 0 saturated heterocycles. The highest BCUT2D eigenvalue weighted by Gasteiger charge is 2.64. The first-order valence-electron chi connectivity index (χ1n) is 9.07. The minimum absolute atomic E-state index is 0.358. The first-order chi connectivity index (χ1) is 14.9. The summed E-state index contributed by atoms with van der Waals surface area (Å²) in [4.78, 5) is 24.5. The van der Waals surface area contributed by atoms with E-state index in [2.05, 4.69) is 4.74 Å². The van der Waals surface area contributed by atoms with Gasteiger partial charge in [-0.25, -0.2) is 9.59 Å². The summed E-state index contributed by atoms with van der Waals surface area (Å²) >= 11 is 0. The van der Waals surface area contributed by atoms with Crippen molar-refractivity contribution in [1.82, 2.24) is 5.32 Å². The fourth-order valence-electron chi connectivity index (χ4n) is 2.53. The molecule has 0 bridgehead atoms. The zero-order valence-corrected chi connectivity index (χ0v) is 16.5. The minimum Gasteiger partial charge on any atom is -0.463 e. The zero-order chi connectivity index (χ0) is 24.0. The Morgan fingerprint density at radius 2 is 1.56 bits per heavy atom. The van der Waals surface area contributed by atoms with E-state index < -0.39 is 54.5 Å². The summed E-state index contributed by atoms with van der Waals surface area (Å²) in [6.07, 6.45) is -12.0. The Bertz CT molecular complexity index is 934. The third kappa shape index (κ3) is 6.05. The normalized spacial score (nSPS) is 13.6. The molecule has 174 valence electrons. The summed E-state index contributed by atoms with van der Waals surface area (Å²) in [5, 5.41) is 3.03. The summed E-state index contributed by atoms with van der Waals surface area (Å²) in [7, 11) is 0. The van der Waals surface area contributed by atoms with Gasteiger partial charge in [-0.05, 0) is 30.7 Å². The third-order valence-electron chi connectivity index (χ3n) is 4.03. The SMILES string of the molecule is CCOC(=O)C(NC(=O)OCc1ccccc1)(Nc1cccc(C(F)(F)F)c1)C(F)(F)F. The molecule has 0 fully saturated rings. The van der Waals surface area contributed by atoms with Crippen LogP contribution in [0.5, 0.6) is 0 Å². The lowest BCUT2D eigenvalue weighted by Crippen LogP contribution is -2.69. The summed E-state index contributed by atoms with van der Waals surface area (Å²) in [5.74, 6) is -1.98. The summed E-state index contributed by atoms with van der Waals surface area (Å²) in [5.41, 5.74) is -5.48. The number of carbonyl (C=O) groups is 2. The van der Waals surface area contributed by atoms with Crippen molar-refractivity contribution in [2.75, 3.05) is 11.9 Å². The number of benzene rings is 2. The number of amides is 1. The van der Waals surface area contributed by atoms with Crippen LogP contribution in [0.4, 0.5) is 36.8 Å². The van der Waals surface area contributed by atoms with Crippen LogP contribution in [0.25, 0.3) is 0 Å².